The first kappa shape index (κ1) is 13.3. The van der Waals surface area contributed by atoms with Crippen molar-refractivity contribution >= 4 is 23.4 Å². The molecule has 1 aromatic carbocycles. The first-order chi connectivity index (χ1) is 10.2. The van der Waals surface area contributed by atoms with Gasteiger partial charge in [0.05, 0.1) is 18.9 Å². The van der Waals surface area contributed by atoms with Gasteiger partial charge in [0.25, 0.3) is 0 Å². The first-order valence-corrected chi connectivity index (χ1v) is 6.66. The Morgan fingerprint density at radius 3 is 2.71 bits per heavy atom. The molecule has 0 atom stereocenters. The maximum atomic E-state index is 11.4. The number of anilines is 3. The highest BCUT2D eigenvalue weighted by molar-refractivity contribution is 5.89. The van der Waals surface area contributed by atoms with Gasteiger partial charge in [-0.05, 0) is 37.1 Å². The minimum atomic E-state index is -0.366. The number of benzene rings is 1. The predicted octanol–water partition coefficient (Wildman–Crippen LogP) is 1.98. The molecule has 1 aliphatic rings. The number of nitrogens with one attached hydrogen (secondary N) is 2. The minimum absolute atomic E-state index is 0.366. The molecule has 0 bridgehead atoms. The Morgan fingerprint density at radius 1 is 1.29 bits per heavy atom. The molecule has 7 heteroatoms. The van der Waals surface area contributed by atoms with Crippen molar-refractivity contribution in [2.75, 3.05) is 17.7 Å². The van der Waals surface area contributed by atoms with Crippen molar-refractivity contribution in [2.45, 2.75) is 18.9 Å². The lowest BCUT2D eigenvalue weighted by Gasteiger charge is -2.07. The maximum absolute atomic E-state index is 11.4. The van der Waals surface area contributed by atoms with Gasteiger partial charge in [-0.25, -0.2) is 4.79 Å². The fourth-order valence-electron chi connectivity index (χ4n) is 1.80. The molecule has 0 unspecified atom stereocenters. The summed E-state index contributed by atoms with van der Waals surface area (Å²) in [4.78, 5) is 15.7. The van der Waals surface area contributed by atoms with Crippen LogP contribution in [-0.4, -0.2) is 34.3 Å². The summed E-state index contributed by atoms with van der Waals surface area (Å²) in [5.74, 6) is 0.753. The lowest BCUT2D eigenvalue weighted by Crippen LogP contribution is -2.07. The average molecular weight is 285 g/mol. The molecular formula is C14H15N5O2. The minimum Gasteiger partial charge on any atom is -0.465 e. The van der Waals surface area contributed by atoms with Crippen molar-refractivity contribution in [3.05, 3.63) is 36.0 Å². The van der Waals surface area contributed by atoms with Crippen LogP contribution >= 0.6 is 0 Å². The summed E-state index contributed by atoms with van der Waals surface area (Å²) in [5.41, 5.74) is 1.26. The number of carbonyl (C=O) groups is 1. The van der Waals surface area contributed by atoms with E-state index in [2.05, 4.69) is 30.6 Å². The molecule has 0 radical (unpaired) electrons. The van der Waals surface area contributed by atoms with E-state index >= 15 is 0 Å². The third-order valence-electron chi connectivity index (χ3n) is 3.05. The maximum Gasteiger partial charge on any atom is 0.337 e. The first-order valence-electron chi connectivity index (χ1n) is 6.66. The summed E-state index contributed by atoms with van der Waals surface area (Å²) in [6, 6.07) is 7.38. The number of ether oxygens (including phenoxy) is 1. The SMILES string of the molecule is COC(=O)c1ccc(Nc2nncc(NC3CC3)n2)cc1. The summed E-state index contributed by atoms with van der Waals surface area (Å²) in [6.45, 7) is 0. The Morgan fingerprint density at radius 2 is 2.05 bits per heavy atom. The number of carbonyl (C=O) groups excluding carboxylic acids is 1. The molecule has 1 aliphatic carbocycles. The van der Waals surface area contributed by atoms with Crippen molar-refractivity contribution in [1.82, 2.24) is 15.2 Å². The van der Waals surface area contributed by atoms with E-state index in [0.717, 1.165) is 5.69 Å². The fraction of sp³-hybridized carbons (Fsp3) is 0.286. The van der Waals surface area contributed by atoms with Crippen molar-refractivity contribution in [2.24, 2.45) is 0 Å². The fourth-order valence-corrected chi connectivity index (χ4v) is 1.80. The number of esters is 1. The van der Waals surface area contributed by atoms with Crippen LogP contribution in [0.5, 0.6) is 0 Å². The largest absolute Gasteiger partial charge is 0.465 e. The van der Waals surface area contributed by atoms with Gasteiger partial charge in [0.2, 0.25) is 5.95 Å². The van der Waals surface area contributed by atoms with E-state index in [1.54, 1.807) is 30.5 Å². The molecule has 0 aliphatic heterocycles. The summed E-state index contributed by atoms with van der Waals surface area (Å²) in [6.07, 6.45) is 3.94. The second-order valence-electron chi connectivity index (χ2n) is 4.78. The summed E-state index contributed by atoms with van der Waals surface area (Å²) >= 11 is 0. The Labute approximate surface area is 121 Å². The van der Waals surface area contributed by atoms with Crippen LogP contribution in [0.1, 0.15) is 23.2 Å². The van der Waals surface area contributed by atoms with Crippen molar-refractivity contribution in [1.29, 1.82) is 0 Å². The second-order valence-corrected chi connectivity index (χ2v) is 4.78. The number of nitrogens with zero attached hydrogens (tertiary/aromatic N) is 3. The average Bonchev–Trinajstić information content (AvgIpc) is 3.31. The molecular weight excluding hydrogens is 270 g/mol. The van der Waals surface area contributed by atoms with E-state index < -0.39 is 0 Å². The molecule has 0 spiro atoms. The van der Waals surface area contributed by atoms with Gasteiger partial charge in [-0.2, -0.15) is 10.1 Å². The highest BCUT2D eigenvalue weighted by atomic mass is 16.5. The van der Waals surface area contributed by atoms with E-state index in [4.69, 9.17) is 0 Å². The molecule has 21 heavy (non-hydrogen) atoms. The van der Waals surface area contributed by atoms with Crippen LogP contribution in [0, 0.1) is 0 Å². The molecule has 3 rings (SSSR count). The number of hydrogen-bond donors (Lipinski definition) is 2. The third-order valence-corrected chi connectivity index (χ3v) is 3.05. The molecule has 1 aromatic heterocycles. The number of rotatable bonds is 5. The van der Waals surface area contributed by atoms with Crippen molar-refractivity contribution in [3.63, 3.8) is 0 Å². The van der Waals surface area contributed by atoms with Gasteiger partial charge in [0.1, 0.15) is 0 Å². The normalized spacial score (nSPS) is 13.6. The molecule has 2 aromatic rings. The van der Waals surface area contributed by atoms with E-state index in [-0.39, 0.29) is 5.97 Å². The van der Waals surface area contributed by atoms with E-state index in [9.17, 15) is 4.79 Å². The predicted molar refractivity (Wildman–Crippen MR) is 77.5 cm³/mol. The third kappa shape index (κ3) is 3.44. The van der Waals surface area contributed by atoms with Crippen LogP contribution in [0.15, 0.2) is 30.5 Å². The zero-order valence-electron chi connectivity index (χ0n) is 11.5. The molecule has 0 saturated heterocycles. The number of hydrogen-bond acceptors (Lipinski definition) is 7. The quantitative estimate of drug-likeness (QED) is 0.812. The van der Waals surface area contributed by atoms with Gasteiger partial charge >= 0.3 is 5.97 Å². The molecule has 2 N–H and O–H groups in total. The van der Waals surface area contributed by atoms with Crippen molar-refractivity contribution in [3.8, 4) is 0 Å². The van der Waals surface area contributed by atoms with Gasteiger partial charge < -0.3 is 15.4 Å². The van der Waals surface area contributed by atoms with Gasteiger partial charge in [-0.3, -0.25) is 0 Å². The standard InChI is InChI=1S/C14H15N5O2/c1-21-13(20)9-2-4-11(5-3-9)17-14-18-12(8-15-19-14)16-10-6-7-10/h2-5,8,10H,6-7H2,1H3,(H2,16,17,18,19). The summed E-state index contributed by atoms with van der Waals surface area (Å²) < 4.78 is 4.65. The number of methoxy groups -OCH3 is 1. The van der Waals surface area contributed by atoms with Gasteiger partial charge in [0.15, 0.2) is 5.82 Å². The van der Waals surface area contributed by atoms with E-state index in [1.807, 2.05) is 0 Å². The Balaban J connectivity index is 1.69. The summed E-state index contributed by atoms with van der Waals surface area (Å²) in [5, 5.41) is 14.1. The molecule has 108 valence electrons. The Kier molecular flexibility index (Phi) is 3.63. The van der Waals surface area contributed by atoms with Gasteiger partial charge in [-0.15, -0.1) is 5.10 Å². The lowest BCUT2D eigenvalue weighted by atomic mass is 10.2. The van der Waals surface area contributed by atoms with Crippen LogP contribution in [0.25, 0.3) is 0 Å². The van der Waals surface area contributed by atoms with Crippen LogP contribution in [0.4, 0.5) is 17.5 Å². The van der Waals surface area contributed by atoms with Crippen molar-refractivity contribution < 1.29 is 9.53 Å². The molecule has 7 nitrogen and oxygen atoms in total. The van der Waals surface area contributed by atoms with Crippen LogP contribution < -0.4 is 10.6 Å². The highest BCUT2D eigenvalue weighted by Crippen LogP contribution is 2.23. The zero-order chi connectivity index (χ0) is 14.7. The van der Waals surface area contributed by atoms with Crippen LogP contribution in [-0.2, 0) is 4.74 Å². The molecule has 1 heterocycles. The van der Waals surface area contributed by atoms with Crippen LogP contribution in [0.3, 0.4) is 0 Å². The molecule has 1 saturated carbocycles. The zero-order valence-corrected chi connectivity index (χ0v) is 11.5. The number of aromatic nitrogens is 3. The Hall–Kier alpha value is -2.70. The highest BCUT2D eigenvalue weighted by Gasteiger charge is 2.21. The van der Waals surface area contributed by atoms with Gasteiger partial charge in [-0.1, -0.05) is 0 Å². The molecule has 0 amide bonds. The second kappa shape index (κ2) is 5.74. The van der Waals surface area contributed by atoms with Gasteiger partial charge in [0, 0.05) is 11.7 Å². The van der Waals surface area contributed by atoms with Crippen LogP contribution in [0.2, 0.25) is 0 Å². The van der Waals surface area contributed by atoms with E-state index in [1.165, 1.54) is 20.0 Å². The topological polar surface area (TPSA) is 89.0 Å². The monoisotopic (exact) mass is 285 g/mol. The van der Waals surface area contributed by atoms with E-state index in [0.29, 0.717) is 23.4 Å². The molecule has 1 fully saturated rings. The Bertz CT molecular complexity index is 640. The smallest absolute Gasteiger partial charge is 0.337 e. The lowest BCUT2D eigenvalue weighted by molar-refractivity contribution is 0.0601. The summed E-state index contributed by atoms with van der Waals surface area (Å²) in [7, 11) is 1.35.